The summed E-state index contributed by atoms with van der Waals surface area (Å²) in [5, 5.41) is 5.83. The van der Waals surface area contributed by atoms with Crippen molar-refractivity contribution in [3.63, 3.8) is 0 Å². The number of rotatable bonds is 2. The van der Waals surface area contributed by atoms with Gasteiger partial charge in [0.05, 0.1) is 0 Å². The highest BCUT2D eigenvalue weighted by atomic mass is 19.1. The molecule has 0 bridgehead atoms. The number of aromatic nitrogens is 2. The number of ether oxygens (including phenoxy) is 1. The number of nitrogens with zero attached hydrogens (tertiary/aromatic N) is 1. The second kappa shape index (κ2) is 3.91. The topological polar surface area (TPSA) is 55.0 Å². The van der Waals surface area contributed by atoms with Gasteiger partial charge in [0.15, 0.2) is 0 Å². The molecule has 76 valence electrons. The zero-order chi connectivity index (χ0) is 10.7. The Bertz CT molecular complexity index is 504. The van der Waals surface area contributed by atoms with E-state index in [-0.39, 0.29) is 11.4 Å². The molecule has 0 saturated carbocycles. The van der Waals surface area contributed by atoms with Gasteiger partial charge in [-0.15, -0.1) is 5.10 Å². The van der Waals surface area contributed by atoms with Gasteiger partial charge in [0.2, 0.25) is 5.88 Å². The van der Waals surface area contributed by atoms with Crippen molar-refractivity contribution in [1.29, 1.82) is 0 Å². The van der Waals surface area contributed by atoms with Crippen LogP contribution in [0.2, 0.25) is 0 Å². The summed E-state index contributed by atoms with van der Waals surface area (Å²) < 4.78 is 18.0. The second-order valence-corrected chi connectivity index (χ2v) is 2.82. The molecule has 0 saturated heterocycles. The van der Waals surface area contributed by atoms with Crippen LogP contribution in [0.4, 0.5) is 4.39 Å². The van der Waals surface area contributed by atoms with Crippen LogP contribution < -0.4 is 10.3 Å². The second-order valence-electron chi connectivity index (χ2n) is 2.82. The van der Waals surface area contributed by atoms with E-state index < -0.39 is 5.82 Å². The molecule has 2 aromatic rings. The van der Waals surface area contributed by atoms with Crippen molar-refractivity contribution in [1.82, 2.24) is 10.2 Å². The third kappa shape index (κ3) is 2.40. The van der Waals surface area contributed by atoms with Gasteiger partial charge in [-0.25, -0.2) is 9.49 Å². The Morgan fingerprint density at radius 1 is 1.27 bits per heavy atom. The quantitative estimate of drug-likeness (QED) is 0.813. The first-order valence-electron chi connectivity index (χ1n) is 4.23. The largest absolute Gasteiger partial charge is 0.438 e. The van der Waals surface area contributed by atoms with E-state index in [1.807, 2.05) is 0 Å². The van der Waals surface area contributed by atoms with Crippen LogP contribution in [0.25, 0.3) is 0 Å². The van der Waals surface area contributed by atoms with Crippen molar-refractivity contribution in [3.05, 3.63) is 52.6 Å². The molecule has 0 aliphatic heterocycles. The van der Waals surface area contributed by atoms with Crippen LogP contribution >= 0.6 is 0 Å². The van der Waals surface area contributed by atoms with Crippen LogP contribution in [0.5, 0.6) is 11.6 Å². The Kier molecular flexibility index (Phi) is 2.45. The van der Waals surface area contributed by atoms with Gasteiger partial charge in [0.1, 0.15) is 11.6 Å². The summed E-state index contributed by atoms with van der Waals surface area (Å²) >= 11 is 0. The van der Waals surface area contributed by atoms with Gasteiger partial charge in [-0.05, 0) is 12.1 Å². The smallest absolute Gasteiger partial charge is 0.264 e. The number of nitrogens with one attached hydrogen (secondary N) is 1. The Labute approximate surface area is 84.3 Å². The van der Waals surface area contributed by atoms with Crippen LogP contribution in [0.1, 0.15) is 0 Å². The predicted octanol–water partition coefficient (Wildman–Crippen LogP) is 1.70. The number of hydrogen-bond acceptors (Lipinski definition) is 3. The van der Waals surface area contributed by atoms with Gasteiger partial charge < -0.3 is 4.74 Å². The van der Waals surface area contributed by atoms with Crippen LogP contribution in [0, 0.1) is 5.82 Å². The standard InChI is InChI=1S/C10H7FN2O2/c11-7-2-1-3-8(6-7)15-10-5-4-9(14)12-13-10/h1-6H,(H,12,14). The zero-order valence-electron chi connectivity index (χ0n) is 7.61. The molecule has 15 heavy (non-hydrogen) atoms. The normalized spacial score (nSPS) is 9.93. The summed E-state index contributed by atoms with van der Waals surface area (Å²) in [6, 6.07) is 8.34. The average Bonchev–Trinajstić information content (AvgIpc) is 2.22. The van der Waals surface area contributed by atoms with Gasteiger partial charge in [0.25, 0.3) is 5.56 Å². The highest BCUT2D eigenvalue weighted by molar-refractivity contribution is 5.26. The summed E-state index contributed by atoms with van der Waals surface area (Å²) in [4.78, 5) is 10.7. The minimum Gasteiger partial charge on any atom is -0.438 e. The minimum absolute atomic E-state index is 0.209. The fraction of sp³-hybridized carbons (Fsp3) is 0. The van der Waals surface area contributed by atoms with Crippen molar-refractivity contribution in [3.8, 4) is 11.6 Å². The van der Waals surface area contributed by atoms with Crippen molar-refractivity contribution >= 4 is 0 Å². The first-order valence-corrected chi connectivity index (χ1v) is 4.23. The maximum absolute atomic E-state index is 12.8. The molecule has 4 nitrogen and oxygen atoms in total. The molecule has 0 atom stereocenters. The molecular weight excluding hydrogens is 199 g/mol. The lowest BCUT2D eigenvalue weighted by atomic mass is 10.3. The van der Waals surface area contributed by atoms with Crippen LogP contribution in [0.15, 0.2) is 41.2 Å². The van der Waals surface area contributed by atoms with Crippen LogP contribution in [-0.4, -0.2) is 10.2 Å². The molecule has 0 spiro atoms. The van der Waals surface area contributed by atoms with Crippen molar-refractivity contribution in [2.75, 3.05) is 0 Å². The Morgan fingerprint density at radius 3 is 2.80 bits per heavy atom. The molecule has 5 heteroatoms. The Hall–Kier alpha value is -2.17. The van der Waals surface area contributed by atoms with Crippen LogP contribution in [-0.2, 0) is 0 Å². The van der Waals surface area contributed by atoms with Gasteiger partial charge in [0, 0.05) is 18.2 Å². The molecule has 1 aromatic heterocycles. The average molecular weight is 206 g/mol. The molecule has 0 amide bonds. The lowest BCUT2D eigenvalue weighted by Crippen LogP contribution is -2.05. The van der Waals surface area contributed by atoms with Crippen LogP contribution in [0.3, 0.4) is 0 Å². The van der Waals surface area contributed by atoms with E-state index in [1.165, 1.54) is 30.3 Å². The first kappa shape index (κ1) is 9.39. The lowest BCUT2D eigenvalue weighted by molar-refractivity contribution is 0.450. The minimum atomic E-state index is -0.392. The Morgan fingerprint density at radius 2 is 2.13 bits per heavy atom. The Balaban J connectivity index is 2.22. The molecule has 2 rings (SSSR count). The summed E-state index contributed by atoms with van der Waals surface area (Å²) in [5.41, 5.74) is -0.318. The summed E-state index contributed by atoms with van der Waals surface area (Å²) in [6.45, 7) is 0. The fourth-order valence-electron chi connectivity index (χ4n) is 1.04. The lowest BCUT2D eigenvalue weighted by Gasteiger charge is -2.02. The molecule has 1 aromatic carbocycles. The fourth-order valence-corrected chi connectivity index (χ4v) is 1.04. The van der Waals surface area contributed by atoms with E-state index in [0.717, 1.165) is 0 Å². The molecule has 0 fully saturated rings. The monoisotopic (exact) mass is 206 g/mol. The molecule has 0 aliphatic carbocycles. The van der Waals surface area contributed by atoms with E-state index in [2.05, 4.69) is 10.2 Å². The van der Waals surface area contributed by atoms with Crippen molar-refractivity contribution < 1.29 is 9.13 Å². The molecular formula is C10H7FN2O2. The van der Waals surface area contributed by atoms with E-state index in [9.17, 15) is 9.18 Å². The maximum atomic E-state index is 12.8. The molecule has 0 unspecified atom stereocenters. The van der Waals surface area contributed by atoms with Crippen molar-refractivity contribution in [2.24, 2.45) is 0 Å². The third-order valence-electron chi connectivity index (χ3n) is 1.67. The predicted molar refractivity (Wildman–Crippen MR) is 51.3 cm³/mol. The highest BCUT2D eigenvalue weighted by Crippen LogP contribution is 2.18. The first-order chi connectivity index (χ1) is 7.24. The number of halogens is 1. The summed E-state index contributed by atoms with van der Waals surface area (Å²) in [6.07, 6.45) is 0. The highest BCUT2D eigenvalue weighted by Gasteiger charge is 1.99. The van der Waals surface area contributed by atoms with E-state index in [1.54, 1.807) is 6.07 Å². The van der Waals surface area contributed by atoms with Gasteiger partial charge >= 0.3 is 0 Å². The number of aromatic amines is 1. The summed E-state index contributed by atoms with van der Waals surface area (Å²) in [7, 11) is 0. The molecule has 0 aliphatic rings. The van der Waals surface area contributed by atoms with E-state index in [4.69, 9.17) is 4.74 Å². The zero-order valence-corrected chi connectivity index (χ0v) is 7.61. The van der Waals surface area contributed by atoms with Gasteiger partial charge in [-0.1, -0.05) is 6.07 Å². The third-order valence-corrected chi connectivity index (χ3v) is 1.67. The van der Waals surface area contributed by atoms with Gasteiger partial charge in [-0.3, -0.25) is 4.79 Å². The molecule has 1 N–H and O–H groups in total. The van der Waals surface area contributed by atoms with Crippen molar-refractivity contribution in [2.45, 2.75) is 0 Å². The molecule has 0 radical (unpaired) electrons. The maximum Gasteiger partial charge on any atom is 0.264 e. The summed E-state index contributed by atoms with van der Waals surface area (Å²) in [5.74, 6) is 0.145. The van der Waals surface area contributed by atoms with E-state index >= 15 is 0 Å². The molecule has 1 heterocycles. The van der Waals surface area contributed by atoms with Gasteiger partial charge in [-0.2, -0.15) is 0 Å². The van der Waals surface area contributed by atoms with E-state index in [0.29, 0.717) is 5.75 Å². The number of hydrogen-bond donors (Lipinski definition) is 1. The number of benzene rings is 1. The SMILES string of the molecule is O=c1ccc(Oc2cccc(F)c2)n[nH]1. The number of H-pyrrole nitrogens is 1.